The van der Waals surface area contributed by atoms with E-state index in [0.29, 0.717) is 22.0 Å². The topological polar surface area (TPSA) is 94.8 Å². The summed E-state index contributed by atoms with van der Waals surface area (Å²) < 4.78 is 12.5. The first-order chi connectivity index (χ1) is 15.0. The predicted octanol–water partition coefficient (Wildman–Crippen LogP) is 3.39. The number of fused-ring (bicyclic) bond motifs is 3. The van der Waals surface area contributed by atoms with Gasteiger partial charge in [0, 0.05) is 16.8 Å². The van der Waals surface area contributed by atoms with Crippen molar-refractivity contribution in [1.82, 2.24) is 19.9 Å². The number of hydrogen-bond acceptors (Lipinski definition) is 6. The van der Waals surface area contributed by atoms with Crippen LogP contribution >= 0.6 is 0 Å². The van der Waals surface area contributed by atoms with Crippen molar-refractivity contribution in [1.29, 1.82) is 0 Å². The van der Waals surface area contributed by atoms with Gasteiger partial charge >= 0.3 is 5.97 Å². The average molecular weight is 418 g/mol. The van der Waals surface area contributed by atoms with E-state index in [2.05, 4.69) is 15.4 Å². The molecule has 1 amide bonds. The van der Waals surface area contributed by atoms with E-state index in [1.807, 2.05) is 44.2 Å². The molecule has 2 aromatic carbocycles. The molecule has 0 fully saturated rings. The summed E-state index contributed by atoms with van der Waals surface area (Å²) >= 11 is 0. The molecule has 8 heteroatoms. The lowest BCUT2D eigenvalue weighted by molar-refractivity contribution is 0.0585. The molecule has 0 bridgehead atoms. The number of carbonyl (C=O) groups is 2. The summed E-state index contributed by atoms with van der Waals surface area (Å²) in [6.45, 7) is 4.00. The molecule has 0 aliphatic carbocycles. The molecule has 2 aromatic heterocycles. The fraction of sp³-hybridized carbons (Fsp3) is 0.217. The molecule has 2 heterocycles. The highest BCUT2D eigenvalue weighted by atomic mass is 16.5. The quantitative estimate of drug-likeness (QED) is 0.483. The number of carbonyl (C=O) groups excluding carboxylic acids is 2. The average Bonchev–Trinajstić information content (AvgIpc) is 3.26. The Bertz CT molecular complexity index is 1270. The van der Waals surface area contributed by atoms with E-state index < -0.39 is 5.97 Å². The van der Waals surface area contributed by atoms with Gasteiger partial charge in [-0.05, 0) is 25.5 Å². The lowest BCUT2D eigenvalue weighted by Crippen LogP contribution is -2.30. The molecule has 0 aliphatic rings. The van der Waals surface area contributed by atoms with Crippen LogP contribution in [0.5, 0.6) is 5.75 Å². The first-order valence-corrected chi connectivity index (χ1v) is 9.85. The van der Waals surface area contributed by atoms with Gasteiger partial charge in [-0.25, -0.2) is 14.3 Å². The van der Waals surface area contributed by atoms with E-state index in [-0.39, 0.29) is 30.0 Å². The molecular weight excluding hydrogens is 396 g/mol. The van der Waals surface area contributed by atoms with Gasteiger partial charge in [-0.15, -0.1) is 0 Å². The molecule has 0 atom stereocenters. The summed E-state index contributed by atoms with van der Waals surface area (Å²) in [5.41, 5.74) is 1.83. The molecule has 0 saturated carbocycles. The molecule has 31 heavy (non-hydrogen) atoms. The largest absolute Gasteiger partial charge is 0.486 e. The maximum Gasteiger partial charge on any atom is 0.360 e. The number of hydrogen-bond donors (Lipinski definition) is 1. The van der Waals surface area contributed by atoms with Crippen molar-refractivity contribution in [3.05, 3.63) is 71.7 Å². The summed E-state index contributed by atoms with van der Waals surface area (Å²) in [5, 5.41) is 8.24. The Morgan fingerprint density at radius 1 is 1.10 bits per heavy atom. The van der Waals surface area contributed by atoms with Crippen LogP contribution in [0, 0.1) is 0 Å². The van der Waals surface area contributed by atoms with Crippen molar-refractivity contribution >= 4 is 28.3 Å². The maximum atomic E-state index is 12.9. The number of aromatic nitrogens is 3. The Morgan fingerprint density at radius 2 is 1.87 bits per heavy atom. The lowest BCUT2D eigenvalue weighted by atomic mass is 10.0. The fourth-order valence-corrected chi connectivity index (χ4v) is 3.46. The van der Waals surface area contributed by atoms with E-state index in [9.17, 15) is 9.59 Å². The molecule has 0 saturated heterocycles. The van der Waals surface area contributed by atoms with Gasteiger partial charge in [-0.1, -0.05) is 42.5 Å². The summed E-state index contributed by atoms with van der Waals surface area (Å²) in [5.74, 6) is -0.578. The minimum absolute atomic E-state index is 0.0419. The second kappa shape index (κ2) is 8.43. The van der Waals surface area contributed by atoms with Crippen LogP contribution in [0.2, 0.25) is 0 Å². The van der Waals surface area contributed by atoms with Crippen molar-refractivity contribution in [2.75, 3.05) is 7.11 Å². The van der Waals surface area contributed by atoms with Gasteiger partial charge in [0.25, 0.3) is 5.91 Å². The number of methoxy groups -OCH3 is 1. The Labute approximate surface area is 178 Å². The van der Waals surface area contributed by atoms with Gasteiger partial charge in [-0.2, -0.15) is 5.10 Å². The van der Waals surface area contributed by atoms with Crippen LogP contribution in [0.3, 0.4) is 0 Å². The summed E-state index contributed by atoms with van der Waals surface area (Å²) in [6, 6.07) is 14.8. The molecule has 158 valence electrons. The second-order valence-corrected chi connectivity index (χ2v) is 7.30. The van der Waals surface area contributed by atoms with Crippen LogP contribution in [-0.2, 0) is 11.3 Å². The summed E-state index contributed by atoms with van der Waals surface area (Å²) in [4.78, 5) is 29.9. The zero-order chi connectivity index (χ0) is 22.0. The lowest BCUT2D eigenvalue weighted by Gasteiger charge is -2.17. The van der Waals surface area contributed by atoms with Gasteiger partial charge in [0.2, 0.25) is 0 Å². The molecule has 4 aromatic rings. The van der Waals surface area contributed by atoms with E-state index in [0.717, 1.165) is 5.56 Å². The van der Waals surface area contributed by atoms with Crippen molar-refractivity contribution < 1.29 is 19.1 Å². The highest BCUT2D eigenvalue weighted by Crippen LogP contribution is 2.35. The Hall–Kier alpha value is -3.94. The highest BCUT2D eigenvalue weighted by molar-refractivity contribution is 6.15. The third kappa shape index (κ3) is 3.79. The number of nitrogens with one attached hydrogen (secondary N) is 1. The second-order valence-electron chi connectivity index (χ2n) is 7.30. The van der Waals surface area contributed by atoms with Crippen LogP contribution in [0.15, 0.2) is 54.9 Å². The zero-order valence-corrected chi connectivity index (χ0v) is 17.5. The van der Waals surface area contributed by atoms with Gasteiger partial charge in [0.15, 0.2) is 17.1 Å². The number of esters is 1. The number of rotatable bonds is 6. The minimum atomic E-state index is -0.613. The third-order valence-corrected chi connectivity index (χ3v) is 4.78. The SMILES string of the molecule is COC(=O)c1c(OCc2ccccc2)c2cccc(C(=O)NC(C)C)c2c2ncnn12. The summed E-state index contributed by atoms with van der Waals surface area (Å²) in [7, 11) is 1.29. The van der Waals surface area contributed by atoms with Crippen LogP contribution in [0.25, 0.3) is 16.4 Å². The first-order valence-electron chi connectivity index (χ1n) is 9.85. The van der Waals surface area contributed by atoms with Gasteiger partial charge in [0.05, 0.1) is 12.7 Å². The van der Waals surface area contributed by atoms with Crippen molar-refractivity contribution in [2.24, 2.45) is 0 Å². The third-order valence-electron chi connectivity index (χ3n) is 4.78. The van der Waals surface area contributed by atoms with Crippen LogP contribution in [0.1, 0.15) is 40.3 Å². The van der Waals surface area contributed by atoms with Gasteiger partial charge < -0.3 is 14.8 Å². The molecule has 8 nitrogen and oxygen atoms in total. The molecule has 1 N–H and O–H groups in total. The standard InChI is InChI=1S/C23H22N4O4/c1-14(2)26-22(28)17-11-7-10-16-18(17)21-24-13-25-27(21)19(23(29)30-3)20(16)31-12-15-8-5-4-6-9-15/h4-11,13-14H,12H2,1-3H3,(H,26,28). The van der Waals surface area contributed by atoms with E-state index in [1.165, 1.54) is 18.0 Å². The Kier molecular flexibility index (Phi) is 5.53. The number of nitrogens with zero attached hydrogens (tertiary/aromatic N) is 3. The van der Waals surface area contributed by atoms with Crippen molar-refractivity contribution in [2.45, 2.75) is 26.5 Å². The number of ether oxygens (including phenoxy) is 2. The minimum Gasteiger partial charge on any atom is -0.486 e. The van der Waals surface area contributed by atoms with E-state index >= 15 is 0 Å². The maximum absolute atomic E-state index is 12.9. The van der Waals surface area contributed by atoms with E-state index in [4.69, 9.17) is 9.47 Å². The Morgan fingerprint density at radius 3 is 2.58 bits per heavy atom. The fourth-order valence-electron chi connectivity index (χ4n) is 3.46. The normalized spacial score (nSPS) is 11.1. The van der Waals surface area contributed by atoms with E-state index in [1.54, 1.807) is 18.2 Å². The number of benzene rings is 2. The Balaban J connectivity index is 1.98. The highest BCUT2D eigenvalue weighted by Gasteiger charge is 2.26. The summed E-state index contributed by atoms with van der Waals surface area (Å²) in [6.07, 6.45) is 1.33. The number of amides is 1. The predicted molar refractivity (Wildman–Crippen MR) is 115 cm³/mol. The molecule has 4 rings (SSSR count). The number of pyridine rings is 1. The van der Waals surface area contributed by atoms with Crippen molar-refractivity contribution in [3.63, 3.8) is 0 Å². The van der Waals surface area contributed by atoms with Gasteiger partial charge in [-0.3, -0.25) is 4.79 Å². The smallest absolute Gasteiger partial charge is 0.360 e. The molecular formula is C23H22N4O4. The molecule has 0 unspecified atom stereocenters. The molecule has 0 radical (unpaired) electrons. The van der Waals surface area contributed by atoms with Gasteiger partial charge in [0.1, 0.15) is 12.9 Å². The van der Waals surface area contributed by atoms with Crippen LogP contribution in [0.4, 0.5) is 0 Å². The monoisotopic (exact) mass is 418 g/mol. The first kappa shape index (κ1) is 20.3. The van der Waals surface area contributed by atoms with Crippen molar-refractivity contribution in [3.8, 4) is 5.75 Å². The molecule has 0 aliphatic heterocycles. The molecule has 0 spiro atoms. The zero-order valence-electron chi connectivity index (χ0n) is 17.5. The van der Waals surface area contributed by atoms with Crippen LogP contribution < -0.4 is 10.1 Å². The van der Waals surface area contributed by atoms with Crippen LogP contribution in [-0.4, -0.2) is 39.6 Å².